The zero-order valence-electron chi connectivity index (χ0n) is 17.2. The molecule has 1 aromatic heterocycles. The lowest BCUT2D eigenvalue weighted by atomic mass is 10.0. The Morgan fingerprint density at radius 3 is 2.67 bits per heavy atom. The Bertz CT molecular complexity index is 885. The van der Waals surface area contributed by atoms with Crippen LogP contribution in [0.3, 0.4) is 0 Å². The Morgan fingerprint density at radius 1 is 1.33 bits per heavy atom. The lowest BCUT2D eigenvalue weighted by Gasteiger charge is -2.21. The largest absolute Gasteiger partial charge is 0.489 e. The molecule has 0 radical (unpaired) electrons. The van der Waals surface area contributed by atoms with Gasteiger partial charge in [0.2, 0.25) is 5.88 Å². The second-order valence-electron chi connectivity index (χ2n) is 8.02. The summed E-state index contributed by atoms with van der Waals surface area (Å²) in [6.07, 6.45) is 2.12. The van der Waals surface area contributed by atoms with E-state index in [-0.39, 0.29) is 18.6 Å². The number of hydrogen-bond donors (Lipinski definition) is 2. The number of carbonyl (C=O) groups is 1. The van der Waals surface area contributed by atoms with E-state index in [1.165, 1.54) is 6.33 Å². The number of nitrogens with zero attached hydrogens (tertiary/aromatic N) is 3. The van der Waals surface area contributed by atoms with Crippen LogP contribution >= 0.6 is 11.6 Å². The molecule has 0 bridgehead atoms. The molecule has 0 amide bonds. The second-order valence-corrected chi connectivity index (χ2v) is 8.40. The molecular weight excluding hydrogens is 410 g/mol. The Hall–Kier alpha value is -2.58. The molecule has 3 rings (SSSR count). The van der Waals surface area contributed by atoms with E-state index in [0.717, 1.165) is 12.0 Å². The van der Waals surface area contributed by atoms with Crippen LogP contribution in [0.15, 0.2) is 30.6 Å². The van der Waals surface area contributed by atoms with Crippen molar-refractivity contribution in [1.29, 1.82) is 0 Å². The van der Waals surface area contributed by atoms with E-state index < -0.39 is 17.5 Å². The van der Waals surface area contributed by atoms with Crippen LogP contribution in [0, 0.1) is 0 Å². The van der Waals surface area contributed by atoms with Gasteiger partial charge in [0.25, 0.3) is 0 Å². The summed E-state index contributed by atoms with van der Waals surface area (Å²) in [4.78, 5) is 21.4. The number of carboxylic acid groups (broad SMARTS) is 1. The minimum atomic E-state index is -1.00. The number of aliphatic hydroxyl groups is 1. The number of rotatable bonds is 8. The maximum atomic E-state index is 11.1. The number of anilines is 1. The molecule has 0 spiro atoms. The average Bonchev–Trinajstić information content (AvgIpc) is 3.14. The SMILES string of the molecule is CC(C(=O)O)c1ccc(OC2CCN(c3ncnc(OCC(C)(C)O)c3Cl)C2)cc1. The zero-order valence-corrected chi connectivity index (χ0v) is 18.0. The van der Waals surface area contributed by atoms with Gasteiger partial charge in [-0.25, -0.2) is 9.97 Å². The normalized spacial score (nSPS) is 17.6. The van der Waals surface area contributed by atoms with Gasteiger partial charge in [-0.3, -0.25) is 4.79 Å². The Morgan fingerprint density at radius 2 is 2.03 bits per heavy atom. The molecule has 2 heterocycles. The molecule has 9 heteroatoms. The summed E-state index contributed by atoms with van der Waals surface area (Å²) in [5.74, 6) is 0.0631. The average molecular weight is 436 g/mol. The van der Waals surface area contributed by atoms with Gasteiger partial charge in [0.05, 0.1) is 18.1 Å². The topological polar surface area (TPSA) is 105 Å². The smallest absolute Gasteiger partial charge is 0.310 e. The van der Waals surface area contributed by atoms with Gasteiger partial charge in [-0.1, -0.05) is 23.7 Å². The van der Waals surface area contributed by atoms with Crippen LogP contribution < -0.4 is 14.4 Å². The third kappa shape index (κ3) is 5.52. The lowest BCUT2D eigenvalue weighted by molar-refractivity contribution is -0.138. The van der Waals surface area contributed by atoms with Crippen molar-refractivity contribution in [2.24, 2.45) is 0 Å². The molecule has 2 N–H and O–H groups in total. The van der Waals surface area contributed by atoms with Crippen molar-refractivity contribution in [2.45, 2.75) is 44.8 Å². The fourth-order valence-corrected chi connectivity index (χ4v) is 3.37. The highest BCUT2D eigenvalue weighted by atomic mass is 35.5. The van der Waals surface area contributed by atoms with E-state index in [4.69, 9.17) is 26.2 Å². The summed E-state index contributed by atoms with van der Waals surface area (Å²) in [6, 6.07) is 7.12. The molecule has 0 aliphatic carbocycles. The van der Waals surface area contributed by atoms with Crippen molar-refractivity contribution in [3.8, 4) is 11.6 Å². The van der Waals surface area contributed by atoms with Gasteiger partial charge in [0.15, 0.2) is 5.82 Å². The minimum Gasteiger partial charge on any atom is -0.489 e. The predicted molar refractivity (Wildman–Crippen MR) is 113 cm³/mol. The summed E-state index contributed by atoms with van der Waals surface area (Å²) in [6.45, 7) is 6.29. The number of aromatic nitrogens is 2. The molecule has 0 saturated carbocycles. The fraction of sp³-hybridized carbons (Fsp3) is 0.476. The predicted octanol–water partition coefficient (Wildman–Crippen LogP) is 3.13. The highest BCUT2D eigenvalue weighted by Gasteiger charge is 2.28. The van der Waals surface area contributed by atoms with Gasteiger partial charge in [-0.15, -0.1) is 0 Å². The summed E-state index contributed by atoms with van der Waals surface area (Å²) < 4.78 is 11.6. The van der Waals surface area contributed by atoms with Crippen molar-refractivity contribution in [2.75, 3.05) is 24.6 Å². The van der Waals surface area contributed by atoms with Gasteiger partial charge in [0, 0.05) is 13.0 Å². The molecule has 1 aliphatic heterocycles. The summed E-state index contributed by atoms with van der Waals surface area (Å²) >= 11 is 6.44. The second kappa shape index (κ2) is 9.06. The van der Waals surface area contributed by atoms with Gasteiger partial charge in [-0.2, -0.15) is 0 Å². The first-order valence-electron chi connectivity index (χ1n) is 9.74. The van der Waals surface area contributed by atoms with Crippen LogP contribution in [0.2, 0.25) is 5.02 Å². The van der Waals surface area contributed by atoms with Crippen LogP contribution in [-0.4, -0.2) is 57.6 Å². The highest BCUT2D eigenvalue weighted by molar-refractivity contribution is 6.34. The molecular formula is C21H26ClN3O5. The van der Waals surface area contributed by atoms with Crippen LogP contribution in [0.5, 0.6) is 11.6 Å². The van der Waals surface area contributed by atoms with E-state index in [1.54, 1.807) is 45.0 Å². The first-order valence-corrected chi connectivity index (χ1v) is 10.1. The Kier molecular flexibility index (Phi) is 6.67. The van der Waals surface area contributed by atoms with E-state index in [2.05, 4.69) is 9.97 Å². The number of ether oxygens (including phenoxy) is 2. The molecule has 1 fully saturated rings. The standard InChI is InChI=1S/C21H26ClN3O5/c1-13(20(26)27)14-4-6-15(7-5-14)30-16-8-9-25(10-16)18-17(22)19(24-12-23-18)29-11-21(2,3)28/h4-7,12-13,16,28H,8-11H2,1-3H3,(H,26,27). The van der Waals surface area contributed by atoms with Crippen molar-refractivity contribution >= 4 is 23.4 Å². The Labute approximate surface area is 180 Å². The maximum Gasteiger partial charge on any atom is 0.310 e. The van der Waals surface area contributed by atoms with Crippen LogP contribution in [0.1, 0.15) is 38.7 Å². The number of aliphatic carboxylic acids is 1. The van der Waals surface area contributed by atoms with Gasteiger partial charge in [0.1, 0.15) is 29.8 Å². The van der Waals surface area contributed by atoms with Gasteiger partial charge >= 0.3 is 5.97 Å². The molecule has 2 aromatic rings. The summed E-state index contributed by atoms with van der Waals surface area (Å²) in [5.41, 5.74) is -0.270. The molecule has 1 aromatic carbocycles. The first kappa shape index (κ1) is 22.1. The molecule has 2 unspecified atom stereocenters. The van der Waals surface area contributed by atoms with Gasteiger partial charge in [-0.05, 0) is 38.5 Å². The third-order valence-electron chi connectivity index (χ3n) is 4.80. The zero-order chi connectivity index (χ0) is 21.9. The van der Waals surface area contributed by atoms with E-state index in [9.17, 15) is 9.90 Å². The number of hydrogen-bond acceptors (Lipinski definition) is 7. The van der Waals surface area contributed by atoms with E-state index in [1.807, 2.05) is 4.90 Å². The first-order chi connectivity index (χ1) is 14.1. The summed E-state index contributed by atoms with van der Waals surface area (Å²) in [5, 5.41) is 19.2. The van der Waals surface area contributed by atoms with E-state index >= 15 is 0 Å². The summed E-state index contributed by atoms with van der Waals surface area (Å²) in [7, 11) is 0. The highest BCUT2D eigenvalue weighted by Crippen LogP contribution is 2.33. The van der Waals surface area contributed by atoms with Crippen LogP contribution in [0.25, 0.3) is 0 Å². The lowest BCUT2D eigenvalue weighted by Crippen LogP contribution is -2.29. The van der Waals surface area contributed by atoms with Crippen molar-refractivity contribution < 1.29 is 24.5 Å². The minimum absolute atomic E-state index is 0.0560. The molecule has 1 aliphatic rings. The maximum absolute atomic E-state index is 11.1. The van der Waals surface area contributed by atoms with Crippen molar-refractivity contribution in [3.05, 3.63) is 41.2 Å². The molecule has 1 saturated heterocycles. The van der Waals surface area contributed by atoms with Crippen molar-refractivity contribution in [3.63, 3.8) is 0 Å². The monoisotopic (exact) mass is 435 g/mol. The fourth-order valence-electron chi connectivity index (χ4n) is 3.10. The third-order valence-corrected chi connectivity index (χ3v) is 5.13. The van der Waals surface area contributed by atoms with E-state index in [0.29, 0.717) is 29.7 Å². The Balaban J connectivity index is 1.62. The van der Waals surface area contributed by atoms with Gasteiger partial charge < -0.3 is 24.6 Å². The van der Waals surface area contributed by atoms with Crippen molar-refractivity contribution in [1.82, 2.24) is 9.97 Å². The molecule has 2 atom stereocenters. The quantitative estimate of drug-likeness (QED) is 0.651. The molecule has 8 nitrogen and oxygen atoms in total. The number of halogens is 1. The molecule has 30 heavy (non-hydrogen) atoms. The van der Waals surface area contributed by atoms with Crippen LogP contribution in [-0.2, 0) is 4.79 Å². The molecule has 162 valence electrons. The number of benzene rings is 1. The number of carboxylic acids is 1. The van der Waals surface area contributed by atoms with Crippen LogP contribution in [0.4, 0.5) is 5.82 Å².